The molecule has 1 N–H and O–H groups in total. The van der Waals surface area contributed by atoms with Crippen molar-refractivity contribution in [1.82, 2.24) is 10.2 Å². The third kappa shape index (κ3) is 3.22. The van der Waals surface area contributed by atoms with Crippen LogP contribution in [-0.2, 0) is 14.4 Å². The highest BCUT2D eigenvalue weighted by atomic mass is 16.5. The Morgan fingerprint density at radius 3 is 2.28 bits per heavy atom. The lowest BCUT2D eigenvalue weighted by atomic mass is 9.85. The number of hydrogen-bond donors (Lipinski definition) is 1. The summed E-state index contributed by atoms with van der Waals surface area (Å²) in [5.41, 5.74) is 0.957. The summed E-state index contributed by atoms with van der Waals surface area (Å²) in [5, 5.41) is 3.00. The van der Waals surface area contributed by atoms with Crippen molar-refractivity contribution in [3.05, 3.63) is 54.6 Å². The maximum atomic E-state index is 13.2. The maximum absolute atomic E-state index is 13.2. The molecule has 3 saturated heterocycles. The highest BCUT2D eigenvalue weighted by molar-refractivity contribution is 6.22. The van der Waals surface area contributed by atoms with Crippen LogP contribution in [0.15, 0.2) is 54.6 Å². The third-order valence-electron chi connectivity index (χ3n) is 6.92. The Labute approximate surface area is 186 Å². The number of piperidine rings is 1. The number of carbonyl (C=O) groups excluding carboxylic acids is 3. The fraction of sp³-hybridized carbons (Fsp3) is 0.375. The minimum absolute atomic E-state index is 0.0367. The molecule has 1 atom stereocenters. The van der Waals surface area contributed by atoms with Gasteiger partial charge < -0.3 is 15.0 Å². The molecule has 2 aromatic carbocycles. The van der Waals surface area contributed by atoms with Crippen LogP contribution in [-0.4, -0.2) is 61.1 Å². The van der Waals surface area contributed by atoms with E-state index in [1.54, 1.807) is 31.4 Å². The number of methoxy groups -OCH3 is 1. The molecule has 5 rings (SSSR count). The van der Waals surface area contributed by atoms with Gasteiger partial charge in [0.15, 0.2) is 0 Å². The molecule has 8 nitrogen and oxygen atoms in total. The van der Waals surface area contributed by atoms with Crippen LogP contribution in [0.1, 0.15) is 19.3 Å². The van der Waals surface area contributed by atoms with Crippen LogP contribution >= 0.6 is 0 Å². The molecule has 1 spiro atoms. The zero-order valence-corrected chi connectivity index (χ0v) is 18.0. The first-order valence-electron chi connectivity index (χ1n) is 10.9. The van der Waals surface area contributed by atoms with E-state index in [2.05, 4.69) is 15.1 Å². The average Bonchev–Trinajstić information content (AvgIpc) is 3.30. The molecule has 0 bridgehead atoms. The summed E-state index contributed by atoms with van der Waals surface area (Å²) < 4.78 is 5.16. The molecule has 0 aromatic heterocycles. The van der Waals surface area contributed by atoms with Gasteiger partial charge in [-0.25, -0.2) is 4.90 Å². The number of para-hydroxylation sites is 1. The number of amides is 3. The number of carbonyl (C=O) groups is 3. The molecule has 2 aromatic rings. The molecular formula is C24H26N4O4. The summed E-state index contributed by atoms with van der Waals surface area (Å²) in [7, 11) is 1.57. The Kier molecular flexibility index (Phi) is 5.09. The first-order chi connectivity index (χ1) is 15.5. The Morgan fingerprint density at radius 2 is 1.62 bits per heavy atom. The molecule has 3 heterocycles. The van der Waals surface area contributed by atoms with Gasteiger partial charge in [0.2, 0.25) is 11.8 Å². The number of imide groups is 1. The molecule has 3 aliphatic heterocycles. The van der Waals surface area contributed by atoms with E-state index in [-0.39, 0.29) is 24.1 Å². The van der Waals surface area contributed by atoms with E-state index < -0.39 is 11.6 Å². The molecule has 8 heteroatoms. The van der Waals surface area contributed by atoms with Crippen LogP contribution in [0.2, 0.25) is 0 Å². The van der Waals surface area contributed by atoms with E-state index in [1.807, 2.05) is 30.3 Å². The van der Waals surface area contributed by atoms with Gasteiger partial charge in [0.05, 0.1) is 31.9 Å². The molecule has 166 valence electrons. The van der Waals surface area contributed by atoms with Crippen LogP contribution in [0.25, 0.3) is 0 Å². The number of likely N-dealkylation sites (tertiary alicyclic amines) is 1. The van der Waals surface area contributed by atoms with Crippen molar-refractivity contribution < 1.29 is 19.1 Å². The van der Waals surface area contributed by atoms with Crippen LogP contribution < -0.4 is 19.9 Å². The Hall–Kier alpha value is -3.39. The van der Waals surface area contributed by atoms with E-state index >= 15 is 0 Å². The summed E-state index contributed by atoms with van der Waals surface area (Å²) in [6.07, 6.45) is 1.37. The Bertz CT molecular complexity index is 1030. The van der Waals surface area contributed by atoms with E-state index in [1.165, 1.54) is 4.90 Å². The van der Waals surface area contributed by atoms with E-state index in [0.717, 1.165) is 5.69 Å². The highest BCUT2D eigenvalue weighted by Gasteiger charge is 2.52. The average molecular weight is 434 g/mol. The second-order valence-electron chi connectivity index (χ2n) is 8.48. The van der Waals surface area contributed by atoms with Gasteiger partial charge in [0, 0.05) is 18.8 Å². The molecule has 3 fully saturated rings. The van der Waals surface area contributed by atoms with Gasteiger partial charge in [0.1, 0.15) is 11.3 Å². The minimum Gasteiger partial charge on any atom is -0.497 e. The number of benzene rings is 2. The molecule has 3 amide bonds. The molecule has 0 aliphatic carbocycles. The lowest BCUT2D eigenvalue weighted by Crippen LogP contribution is -2.58. The molecule has 0 unspecified atom stereocenters. The SMILES string of the molecule is COc1ccc(N2C(=O)C[C@@H](N3CCC4(CC3)C(=O)NCN4c3ccccc3)C2=O)cc1. The topological polar surface area (TPSA) is 82.2 Å². The highest BCUT2D eigenvalue weighted by Crippen LogP contribution is 2.38. The monoisotopic (exact) mass is 434 g/mol. The van der Waals surface area contributed by atoms with Gasteiger partial charge in [-0.15, -0.1) is 0 Å². The summed E-state index contributed by atoms with van der Waals surface area (Å²) in [6.45, 7) is 1.64. The fourth-order valence-corrected chi connectivity index (χ4v) is 5.14. The first-order valence-corrected chi connectivity index (χ1v) is 10.9. The zero-order valence-electron chi connectivity index (χ0n) is 18.0. The lowest BCUT2D eigenvalue weighted by molar-refractivity contribution is -0.126. The first kappa shape index (κ1) is 20.5. The summed E-state index contributed by atoms with van der Waals surface area (Å²) in [5.74, 6) is 0.306. The minimum atomic E-state index is -0.612. The van der Waals surface area contributed by atoms with Crippen molar-refractivity contribution in [2.24, 2.45) is 0 Å². The number of rotatable bonds is 4. The van der Waals surface area contributed by atoms with E-state index in [9.17, 15) is 14.4 Å². The Morgan fingerprint density at radius 1 is 0.938 bits per heavy atom. The predicted octanol–water partition coefficient (Wildman–Crippen LogP) is 1.76. The van der Waals surface area contributed by atoms with Gasteiger partial charge in [0.25, 0.3) is 5.91 Å². The molecule has 0 radical (unpaired) electrons. The van der Waals surface area contributed by atoms with Gasteiger partial charge >= 0.3 is 0 Å². The van der Waals surface area contributed by atoms with Gasteiger partial charge in [-0.05, 0) is 49.2 Å². The number of ether oxygens (including phenoxy) is 1. The lowest BCUT2D eigenvalue weighted by Gasteiger charge is -2.44. The summed E-state index contributed by atoms with van der Waals surface area (Å²) in [6, 6.07) is 16.4. The van der Waals surface area contributed by atoms with Crippen LogP contribution in [0, 0.1) is 0 Å². The maximum Gasteiger partial charge on any atom is 0.251 e. The second kappa shape index (κ2) is 7.94. The van der Waals surface area contributed by atoms with Crippen molar-refractivity contribution in [1.29, 1.82) is 0 Å². The van der Waals surface area contributed by atoms with Crippen LogP contribution in [0.3, 0.4) is 0 Å². The van der Waals surface area contributed by atoms with Gasteiger partial charge in [-0.3, -0.25) is 19.3 Å². The number of hydrogen-bond acceptors (Lipinski definition) is 6. The smallest absolute Gasteiger partial charge is 0.251 e. The standard InChI is InChI=1S/C24H26N4O4/c1-32-19-9-7-18(8-10-19)28-21(29)15-20(22(28)30)26-13-11-24(12-14-26)23(31)25-16-27(24)17-5-3-2-4-6-17/h2-10,20H,11-16H2,1H3,(H,25,31)/t20-/m1/s1. The zero-order chi connectivity index (χ0) is 22.3. The van der Waals surface area contributed by atoms with Crippen molar-refractivity contribution in [2.75, 3.05) is 36.7 Å². The van der Waals surface area contributed by atoms with Crippen LogP contribution in [0.4, 0.5) is 11.4 Å². The summed E-state index contributed by atoms with van der Waals surface area (Å²) in [4.78, 5) is 44.2. The van der Waals surface area contributed by atoms with Gasteiger partial charge in [-0.2, -0.15) is 0 Å². The second-order valence-corrected chi connectivity index (χ2v) is 8.48. The quantitative estimate of drug-likeness (QED) is 0.739. The van der Waals surface area contributed by atoms with Crippen LogP contribution in [0.5, 0.6) is 5.75 Å². The molecule has 32 heavy (non-hydrogen) atoms. The van der Waals surface area contributed by atoms with Crippen molar-refractivity contribution in [3.63, 3.8) is 0 Å². The largest absolute Gasteiger partial charge is 0.497 e. The van der Waals surface area contributed by atoms with Gasteiger partial charge in [-0.1, -0.05) is 18.2 Å². The molecule has 3 aliphatic rings. The van der Waals surface area contributed by atoms with E-state index in [0.29, 0.717) is 44.0 Å². The third-order valence-corrected chi connectivity index (χ3v) is 6.92. The summed E-state index contributed by atoms with van der Waals surface area (Å²) >= 11 is 0. The number of nitrogens with one attached hydrogen (secondary N) is 1. The normalized spacial score (nSPS) is 23.2. The molecular weight excluding hydrogens is 408 g/mol. The van der Waals surface area contributed by atoms with Crippen molar-refractivity contribution in [2.45, 2.75) is 30.8 Å². The number of anilines is 2. The van der Waals surface area contributed by atoms with E-state index in [4.69, 9.17) is 4.74 Å². The number of nitrogens with zero attached hydrogens (tertiary/aromatic N) is 3. The molecule has 0 saturated carbocycles. The van der Waals surface area contributed by atoms with Crippen molar-refractivity contribution in [3.8, 4) is 5.75 Å². The fourth-order valence-electron chi connectivity index (χ4n) is 5.14. The van der Waals surface area contributed by atoms with Crippen molar-refractivity contribution >= 4 is 29.1 Å². The predicted molar refractivity (Wildman–Crippen MR) is 119 cm³/mol. The Balaban J connectivity index is 1.31.